The average molecular weight is 296 g/mol. The predicted molar refractivity (Wildman–Crippen MR) is 88.6 cm³/mol. The van der Waals surface area contributed by atoms with E-state index in [2.05, 4.69) is 45.9 Å². The van der Waals surface area contributed by atoms with Crippen molar-refractivity contribution in [2.75, 3.05) is 0 Å². The van der Waals surface area contributed by atoms with E-state index in [4.69, 9.17) is 13.7 Å². The Morgan fingerprint density at radius 2 is 1.68 bits per heavy atom. The lowest BCUT2D eigenvalue weighted by Gasteiger charge is -2.32. The van der Waals surface area contributed by atoms with E-state index >= 15 is 0 Å². The molecule has 2 aromatic rings. The van der Waals surface area contributed by atoms with Gasteiger partial charge in [-0.3, -0.25) is 0 Å². The first-order valence-corrected chi connectivity index (χ1v) is 7.95. The summed E-state index contributed by atoms with van der Waals surface area (Å²) in [5.74, 6) is 0.936. The SMILES string of the molecule is CC1(C)OB(C2=CCCc3c2oc2ccccc32)OC1(C)C. The molecule has 0 saturated carbocycles. The number of hydrogen-bond acceptors (Lipinski definition) is 3. The number of aryl methyl sites for hydroxylation is 1. The van der Waals surface area contributed by atoms with E-state index in [1.165, 1.54) is 10.9 Å². The maximum absolute atomic E-state index is 6.21. The number of fused-ring (bicyclic) bond motifs is 3. The van der Waals surface area contributed by atoms with Crippen LogP contribution < -0.4 is 0 Å². The number of para-hydroxylation sites is 1. The monoisotopic (exact) mass is 296 g/mol. The summed E-state index contributed by atoms with van der Waals surface area (Å²) >= 11 is 0. The molecule has 1 fully saturated rings. The van der Waals surface area contributed by atoms with E-state index in [0.29, 0.717) is 0 Å². The summed E-state index contributed by atoms with van der Waals surface area (Å²) in [5, 5.41) is 1.21. The number of hydrogen-bond donors (Lipinski definition) is 0. The van der Waals surface area contributed by atoms with Crippen LogP contribution in [0.25, 0.3) is 16.4 Å². The van der Waals surface area contributed by atoms with E-state index in [1.807, 2.05) is 12.1 Å². The van der Waals surface area contributed by atoms with Gasteiger partial charge in [0.25, 0.3) is 0 Å². The molecule has 0 N–H and O–H groups in total. The molecular weight excluding hydrogens is 275 g/mol. The van der Waals surface area contributed by atoms with E-state index in [0.717, 1.165) is 29.7 Å². The van der Waals surface area contributed by atoms with Crippen LogP contribution in [-0.4, -0.2) is 18.3 Å². The minimum Gasteiger partial charge on any atom is -0.457 e. The van der Waals surface area contributed by atoms with Gasteiger partial charge in [-0.1, -0.05) is 24.3 Å². The highest BCUT2D eigenvalue weighted by molar-refractivity contribution is 6.68. The molecule has 1 aliphatic carbocycles. The molecule has 3 nitrogen and oxygen atoms in total. The van der Waals surface area contributed by atoms with Gasteiger partial charge >= 0.3 is 7.12 Å². The van der Waals surface area contributed by atoms with Crippen LogP contribution in [0.2, 0.25) is 0 Å². The molecular formula is C18H21BO3. The Hall–Kier alpha value is -1.52. The van der Waals surface area contributed by atoms with Crippen molar-refractivity contribution in [3.05, 3.63) is 41.7 Å². The second-order valence-corrected chi connectivity index (χ2v) is 7.19. The lowest BCUT2D eigenvalue weighted by Crippen LogP contribution is -2.41. The second-order valence-electron chi connectivity index (χ2n) is 7.19. The summed E-state index contributed by atoms with van der Waals surface area (Å²) < 4.78 is 18.5. The maximum Gasteiger partial charge on any atom is 0.498 e. The Morgan fingerprint density at radius 1 is 1.00 bits per heavy atom. The Bertz CT molecular complexity index is 754. The quantitative estimate of drug-likeness (QED) is 0.731. The normalized spacial score (nSPS) is 22.7. The van der Waals surface area contributed by atoms with Crippen LogP contribution in [0.15, 0.2) is 34.8 Å². The second kappa shape index (κ2) is 4.50. The molecule has 1 saturated heterocycles. The average Bonchev–Trinajstić information content (AvgIpc) is 2.93. The van der Waals surface area contributed by atoms with Crippen molar-refractivity contribution in [3.63, 3.8) is 0 Å². The minimum atomic E-state index is -0.357. The molecule has 0 unspecified atom stereocenters. The van der Waals surface area contributed by atoms with Gasteiger partial charge in [-0.2, -0.15) is 0 Å². The molecule has 22 heavy (non-hydrogen) atoms. The van der Waals surface area contributed by atoms with Crippen molar-refractivity contribution < 1.29 is 13.7 Å². The lowest BCUT2D eigenvalue weighted by atomic mass is 9.72. The van der Waals surface area contributed by atoms with Crippen molar-refractivity contribution in [1.29, 1.82) is 0 Å². The molecule has 0 bridgehead atoms. The van der Waals surface area contributed by atoms with Crippen LogP contribution in [-0.2, 0) is 15.7 Å². The van der Waals surface area contributed by atoms with E-state index in [-0.39, 0.29) is 18.3 Å². The molecule has 4 heteroatoms. The maximum atomic E-state index is 6.21. The van der Waals surface area contributed by atoms with Crippen molar-refractivity contribution in [3.8, 4) is 0 Å². The van der Waals surface area contributed by atoms with Gasteiger partial charge in [-0.25, -0.2) is 0 Å². The minimum absolute atomic E-state index is 0.331. The molecule has 0 atom stereocenters. The van der Waals surface area contributed by atoms with Gasteiger partial charge < -0.3 is 13.7 Å². The first-order chi connectivity index (χ1) is 10.4. The summed E-state index contributed by atoms with van der Waals surface area (Å²) in [5.41, 5.74) is 2.60. The fourth-order valence-corrected chi connectivity index (χ4v) is 3.22. The van der Waals surface area contributed by atoms with E-state index in [1.54, 1.807) is 0 Å². The Kier molecular flexibility index (Phi) is 2.88. The number of rotatable bonds is 1. The van der Waals surface area contributed by atoms with Gasteiger partial charge in [0.2, 0.25) is 0 Å². The van der Waals surface area contributed by atoms with Crippen molar-refractivity contribution in [2.24, 2.45) is 0 Å². The Labute approximate surface area is 131 Å². The Balaban J connectivity index is 1.78. The van der Waals surface area contributed by atoms with Gasteiger partial charge in [-0.15, -0.1) is 0 Å². The molecule has 4 rings (SSSR count). The molecule has 0 spiro atoms. The third kappa shape index (κ3) is 1.90. The third-order valence-electron chi connectivity index (χ3n) is 5.23. The zero-order chi connectivity index (χ0) is 15.5. The van der Waals surface area contributed by atoms with E-state index < -0.39 is 0 Å². The molecule has 2 heterocycles. The summed E-state index contributed by atoms with van der Waals surface area (Å²) in [6, 6.07) is 8.22. The van der Waals surface area contributed by atoms with Crippen LogP contribution in [0.4, 0.5) is 0 Å². The summed E-state index contributed by atoms with van der Waals surface area (Å²) in [6.45, 7) is 8.32. The summed E-state index contributed by atoms with van der Waals surface area (Å²) in [6.07, 6.45) is 4.21. The van der Waals surface area contributed by atoms with Crippen LogP contribution in [0.3, 0.4) is 0 Å². The highest BCUT2D eigenvalue weighted by Gasteiger charge is 2.53. The standard InChI is InChI=1S/C18H21BO3/c1-17(2)18(3,4)22-19(21-17)14-10-7-9-13-12-8-5-6-11-15(12)20-16(13)14/h5-6,8,10-11H,7,9H2,1-4H3. The third-order valence-corrected chi connectivity index (χ3v) is 5.23. The van der Waals surface area contributed by atoms with Crippen LogP contribution in [0, 0.1) is 0 Å². The van der Waals surface area contributed by atoms with Crippen molar-refractivity contribution in [2.45, 2.75) is 51.7 Å². The highest BCUT2D eigenvalue weighted by Crippen LogP contribution is 2.43. The molecule has 1 aromatic carbocycles. The summed E-state index contributed by atoms with van der Waals surface area (Å²) in [4.78, 5) is 0. The van der Waals surface area contributed by atoms with Crippen LogP contribution >= 0.6 is 0 Å². The van der Waals surface area contributed by atoms with Gasteiger partial charge in [0.15, 0.2) is 0 Å². The largest absolute Gasteiger partial charge is 0.498 e. The predicted octanol–water partition coefficient (Wildman–Crippen LogP) is 4.39. The zero-order valence-corrected chi connectivity index (χ0v) is 13.6. The van der Waals surface area contributed by atoms with Crippen LogP contribution in [0.1, 0.15) is 45.4 Å². The van der Waals surface area contributed by atoms with Crippen molar-refractivity contribution >= 4 is 23.6 Å². The molecule has 1 aliphatic heterocycles. The fraction of sp³-hybridized carbons (Fsp3) is 0.444. The first-order valence-electron chi connectivity index (χ1n) is 7.95. The first kappa shape index (κ1) is 14.1. The highest BCUT2D eigenvalue weighted by atomic mass is 16.7. The molecule has 114 valence electrons. The summed E-state index contributed by atoms with van der Waals surface area (Å²) in [7, 11) is -0.357. The number of allylic oxidation sites excluding steroid dienone is 1. The zero-order valence-electron chi connectivity index (χ0n) is 13.6. The molecule has 0 radical (unpaired) electrons. The van der Waals surface area contributed by atoms with Gasteiger partial charge in [0.1, 0.15) is 11.3 Å². The molecule has 1 aromatic heterocycles. The van der Waals surface area contributed by atoms with Crippen LogP contribution in [0.5, 0.6) is 0 Å². The topological polar surface area (TPSA) is 31.6 Å². The van der Waals surface area contributed by atoms with Gasteiger partial charge in [0.05, 0.1) is 11.2 Å². The van der Waals surface area contributed by atoms with Crippen molar-refractivity contribution in [1.82, 2.24) is 0 Å². The van der Waals surface area contributed by atoms with Gasteiger partial charge in [-0.05, 0) is 46.6 Å². The smallest absolute Gasteiger partial charge is 0.457 e. The van der Waals surface area contributed by atoms with E-state index in [9.17, 15) is 0 Å². The lowest BCUT2D eigenvalue weighted by molar-refractivity contribution is 0.00578. The molecule has 0 amide bonds. The number of furan rings is 1. The van der Waals surface area contributed by atoms with Gasteiger partial charge in [0, 0.05) is 16.4 Å². The Morgan fingerprint density at radius 3 is 2.41 bits per heavy atom. The number of benzene rings is 1. The fourth-order valence-electron chi connectivity index (χ4n) is 3.22. The molecule has 2 aliphatic rings.